The molecule has 0 radical (unpaired) electrons. The predicted octanol–water partition coefficient (Wildman–Crippen LogP) is 4.48. The first-order chi connectivity index (χ1) is 11.3. The molecular weight excluding hydrogens is 282 g/mol. The zero-order valence-corrected chi connectivity index (χ0v) is 13.3. The van der Waals surface area contributed by atoms with Crippen LogP contribution in [0.1, 0.15) is 23.8 Å². The van der Waals surface area contributed by atoms with Crippen LogP contribution in [0.3, 0.4) is 0 Å². The first kappa shape index (κ1) is 15.2. The molecule has 3 rings (SSSR count). The average Bonchev–Trinajstić information content (AvgIpc) is 2.61. The van der Waals surface area contributed by atoms with Crippen LogP contribution in [-0.2, 0) is 0 Å². The van der Waals surface area contributed by atoms with Crippen LogP contribution in [0.2, 0.25) is 0 Å². The van der Waals surface area contributed by atoms with Crippen LogP contribution in [0.15, 0.2) is 77.8 Å². The molecule has 0 N–H and O–H groups in total. The first-order valence-electron chi connectivity index (χ1n) is 7.85. The van der Waals surface area contributed by atoms with Gasteiger partial charge in [0, 0.05) is 5.69 Å². The van der Waals surface area contributed by atoms with Crippen molar-refractivity contribution in [2.75, 3.05) is 4.90 Å². The van der Waals surface area contributed by atoms with Gasteiger partial charge in [0.25, 0.3) is 0 Å². The summed E-state index contributed by atoms with van der Waals surface area (Å²) < 4.78 is 0. The fraction of sp³-hybridized carbons (Fsp3) is 0.200. The summed E-state index contributed by atoms with van der Waals surface area (Å²) in [6.45, 7) is 5.85. The summed E-state index contributed by atoms with van der Waals surface area (Å²) in [4.78, 5) is 11.4. The lowest BCUT2D eigenvalue weighted by molar-refractivity contribution is 0.580. The Bertz CT molecular complexity index is 719. The van der Waals surface area contributed by atoms with Crippen molar-refractivity contribution >= 4 is 12.5 Å². The molecular formula is C20H21N3. The second-order valence-corrected chi connectivity index (χ2v) is 5.63. The van der Waals surface area contributed by atoms with Gasteiger partial charge in [-0.05, 0) is 37.8 Å². The lowest BCUT2D eigenvalue weighted by Crippen LogP contribution is -2.37. The molecule has 1 aliphatic carbocycles. The third-order valence-electron chi connectivity index (χ3n) is 3.99. The first-order valence-corrected chi connectivity index (χ1v) is 7.85. The van der Waals surface area contributed by atoms with Gasteiger partial charge in [0.2, 0.25) is 0 Å². The standard InChI is InChI=1S/C20H21N3/c1-16-10-9-15-19(22-16)23(18-13-7-4-8-14-18)20(21-2)17-11-5-3-6-12-17/h3-13,15,18,20H,2,14H2,1H3. The number of benzene rings is 1. The van der Waals surface area contributed by atoms with Gasteiger partial charge in [-0.1, -0.05) is 60.7 Å². The van der Waals surface area contributed by atoms with Gasteiger partial charge in [-0.25, -0.2) is 4.98 Å². The van der Waals surface area contributed by atoms with Crippen molar-refractivity contribution in [3.63, 3.8) is 0 Å². The minimum Gasteiger partial charge on any atom is -0.324 e. The summed E-state index contributed by atoms with van der Waals surface area (Å²) in [6, 6.07) is 16.6. The summed E-state index contributed by atoms with van der Waals surface area (Å²) >= 11 is 0. The molecule has 0 saturated heterocycles. The second-order valence-electron chi connectivity index (χ2n) is 5.63. The molecule has 1 heterocycles. The smallest absolute Gasteiger partial charge is 0.147 e. The number of aromatic nitrogens is 1. The molecule has 116 valence electrons. The zero-order chi connectivity index (χ0) is 16.1. The highest BCUT2D eigenvalue weighted by Crippen LogP contribution is 2.31. The topological polar surface area (TPSA) is 28.5 Å². The van der Waals surface area contributed by atoms with Gasteiger partial charge in [-0.15, -0.1) is 0 Å². The van der Waals surface area contributed by atoms with E-state index in [9.17, 15) is 0 Å². The maximum Gasteiger partial charge on any atom is 0.147 e. The van der Waals surface area contributed by atoms with Crippen LogP contribution in [-0.4, -0.2) is 17.7 Å². The molecule has 0 saturated carbocycles. The van der Waals surface area contributed by atoms with Crippen LogP contribution >= 0.6 is 0 Å². The van der Waals surface area contributed by atoms with Crippen LogP contribution in [0.25, 0.3) is 0 Å². The number of rotatable bonds is 5. The fourth-order valence-electron chi connectivity index (χ4n) is 2.90. The molecule has 0 fully saturated rings. The molecule has 0 spiro atoms. The third kappa shape index (κ3) is 3.39. The second kappa shape index (κ2) is 7.05. The number of anilines is 1. The molecule has 3 nitrogen and oxygen atoms in total. The molecule has 3 heteroatoms. The number of allylic oxidation sites excluding steroid dienone is 2. The van der Waals surface area contributed by atoms with E-state index in [1.54, 1.807) is 0 Å². The van der Waals surface area contributed by atoms with Crippen molar-refractivity contribution in [1.82, 2.24) is 4.98 Å². The molecule has 1 aromatic carbocycles. The highest BCUT2D eigenvalue weighted by atomic mass is 15.3. The summed E-state index contributed by atoms with van der Waals surface area (Å²) in [7, 11) is 0. The Morgan fingerprint density at radius 1 is 1.13 bits per heavy atom. The van der Waals surface area contributed by atoms with Crippen LogP contribution in [0.4, 0.5) is 5.82 Å². The van der Waals surface area contributed by atoms with Gasteiger partial charge in [-0.3, -0.25) is 4.99 Å². The minimum absolute atomic E-state index is 0.161. The molecule has 2 aromatic rings. The lowest BCUT2D eigenvalue weighted by Gasteiger charge is -2.36. The van der Waals surface area contributed by atoms with Crippen molar-refractivity contribution in [3.05, 3.63) is 84.1 Å². The van der Waals surface area contributed by atoms with Gasteiger partial charge in [-0.2, -0.15) is 0 Å². The van der Waals surface area contributed by atoms with Gasteiger partial charge >= 0.3 is 0 Å². The molecule has 0 amide bonds. The van der Waals surface area contributed by atoms with E-state index in [4.69, 9.17) is 4.98 Å². The Morgan fingerprint density at radius 3 is 2.61 bits per heavy atom. The largest absolute Gasteiger partial charge is 0.324 e. The van der Waals surface area contributed by atoms with Crippen LogP contribution in [0, 0.1) is 6.92 Å². The highest BCUT2D eigenvalue weighted by Gasteiger charge is 2.26. The molecule has 1 aromatic heterocycles. The van der Waals surface area contributed by atoms with E-state index in [0.717, 1.165) is 23.5 Å². The van der Waals surface area contributed by atoms with E-state index in [1.165, 1.54) is 0 Å². The number of pyridine rings is 1. The number of hydrogen-bond donors (Lipinski definition) is 0. The molecule has 0 bridgehead atoms. The number of aryl methyl sites for hydroxylation is 1. The molecule has 2 atom stereocenters. The monoisotopic (exact) mass is 303 g/mol. The summed E-state index contributed by atoms with van der Waals surface area (Å²) in [5, 5.41) is 0. The van der Waals surface area contributed by atoms with Crippen molar-refractivity contribution in [3.8, 4) is 0 Å². The van der Waals surface area contributed by atoms with E-state index in [-0.39, 0.29) is 12.2 Å². The Balaban J connectivity index is 2.05. The van der Waals surface area contributed by atoms with E-state index in [1.807, 2.05) is 43.3 Å². The SMILES string of the molecule is C=NC(c1ccccc1)N(c1cccc(C)n1)C1C=CC=CC1. The van der Waals surface area contributed by atoms with Crippen molar-refractivity contribution in [2.24, 2.45) is 4.99 Å². The maximum absolute atomic E-state index is 4.72. The zero-order valence-electron chi connectivity index (χ0n) is 13.3. The van der Waals surface area contributed by atoms with Gasteiger partial charge in [0.1, 0.15) is 12.0 Å². The minimum atomic E-state index is -0.161. The third-order valence-corrected chi connectivity index (χ3v) is 3.99. The van der Waals surface area contributed by atoms with Crippen LogP contribution in [0.5, 0.6) is 0 Å². The van der Waals surface area contributed by atoms with E-state index in [2.05, 4.69) is 53.0 Å². The van der Waals surface area contributed by atoms with Crippen LogP contribution < -0.4 is 4.90 Å². The normalized spacial score (nSPS) is 17.7. The Labute approximate surface area is 137 Å². The summed E-state index contributed by atoms with van der Waals surface area (Å²) in [5.41, 5.74) is 2.12. The molecule has 23 heavy (non-hydrogen) atoms. The quantitative estimate of drug-likeness (QED) is 0.762. The van der Waals surface area contributed by atoms with Gasteiger partial charge in [0.15, 0.2) is 0 Å². The van der Waals surface area contributed by atoms with E-state index in [0.29, 0.717) is 0 Å². The van der Waals surface area contributed by atoms with E-state index >= 15 is 0 Å². The van der Waals surface area contributed by atoms with Crippen molar-refractivity contribution in [2.45, 2.75) is 25.6 Å². The van der Waals surface area contributed by atoms with Gasteiger partial charge < -0.3 is 4.90 Å². The van der Waals surface area contributed by atoms with Gasteiger partial charge in [0.05, 0.1) is 6.04 Å². The number of nitrogens with zero attached hydrogens (tertiary/aromatic N) is 3. The molecule has 0 aliphatic heterocycles. The summed E-state index contributed by atoms with van der Waals surface area (Å²) in [6.07, 6.45) is 9.32. The molecule has 2 unspecified atom stereocenters. The number of aliphatic imine (C=N–C) groups is 1. The lowest BCUT2D eigenvalue weighted by atomic mass is 10.0. The molecule has 1 aliphatic rings. The Hall–Kier alpha value is -2.68. The average molecular weight is 303 g/mol. The fourth-order valence-corrected chi connectivity index (χ4v) is 2.90. The highest BCUT2D eigenvalue weighted by molar-refractivity contribution is 5.48. The Kier molecular flexibility index (Phi) is 4.67. The number of hydrogen-bond acceptors (Lipinski definition) is 3. The predicted molar refractivity (Wildman–Crippen MR) is 96.9 cm³/mol. The summed E-state index contributed by atoms with van der Waals surface area (Å²) in [5.74, 6) is 0.927. The van der Waals surface area contributed by atoms with Crippen molar-refractivity contribution < 1.29 is 0 Å². The Morgan fingerprint density at radius 2 is 1.96 bits per heavy atom. The van der Waals surface area contributed by atoms with Crippen molar-refractivity contribution in [1.29, 1.82) is 0 Å². The van der Waals surface area contributed by atoms with E-state index < -0.39 is 0 Å². The maximum atomic E-state index is 4.72.